The third-order valence-electron chi connectivity index (χ3n) is 2.43. The predicted molar refractivity (Wildman–Crippen MR) is 77.7 cm³/mol. The first-order valence-electron chi connectivity index (χ1n) is 6.59. The van der Waals surface area contributed by atoms with Gasteiger partial charge < -0.3 is 19.9 Å². The molecule has 1 rings (SSSR count). The number of benzene rings is 1. The molecule has 0 aliphatic heterocycles. The van der Waals surface area contributed by atoms with Crippen molar-refractivity contribution in [2.45, 2.75) is 26.8 Å². The van der Waals surface area contributed by atoms with Crippen molar-refractivity contribution in [1.82, 2.24) is 5.32 Å². The van der Waals surface area contributed by atoms with Crippen molar-refractivity contribution in [3.05, 3.63) is 22.7 Å². The Bertz CT molecular complexity index is 451. The second kappa shape index (κ2) is 8.66. The first kappa shape index (κ1) is 16.6. The molecule has 1 aromatic carbocycles. The highest BCUT2D eigenvalue weighted by Crippen LogP contribution is 2.36. The molecular weight excluding hydrogens is 282 g/mol. The lowest BCUT2D eigenvalue weighted by Gasteiger charge is -2.15. The fourth-order valence-corrected chi connectivity index (χ4v) is 1.93. The van der Waals surface area contributed by atoms with E-state index in [9.17, 15) is 4.79 Å². The number of hydrogen-bond donors (Lipinski definition) is 2. The minimum absolute atomic E-state index is 0.102. The van der Waals surface area contributed by atoms with Crippen LogP contribution in [0.25, 0.3) is 0 Å². The van der Waals surface area contributed by atoms with Gasteiger partial charge >= 0.3 is 5.97 Å². The van der Waals surface area contributed by atoms with Gasteiger partial charge in [0.15, 0.2) is 11.5 Å². The van der Waals surface area contributed by atoms with Gasteiger partial charge in [0.05, 0.1) is 24.8 Å². The van der Waals surface area contributed by atoms with Crippen LogP contribution >= 0.6 is 11.6 Å². The molecule has 0 heterocycles. The summed E-state index contributed by atoms with van der Waals surface area (Å²) in [4.78, 5) is 10.5. The lowest BCUT2D eigenvalue weighted by atomic mass is 10.2. The minimum atomic E-state index is -0.899. The normalized spacial score (nSPS) is 10.3. The number of nitrogens with one attached hydrogen (secondary N) is 1. The third-order valence-corrected chi connectivity index (χ3v) is 2.71. The second-order valence-corrected chi connectivity index (χ2v) is 4.59. The largest absolute Gasteiger partial charge is 0.490 e. The van der Waals surface area contributed by atoms with Crippen molar-refractivity contribution < 1.29 is 19.4 Å². The van der Waals surface area contributed by atoms with Crippen LogP contribution in [0.4, 0.5) is 0 Å². The molecule has 0 radical (unpaired) electrons. The van der Waals surface area contributed by atoms with Crippen molar-refractivity contribution in [2.24, 2.45) is 0 Å². The Labute approximate surface area is 123 Å². The summed E-state index contributed by atoms with van der Waals surface area (Å²) in [7, 11) is 0. The Morgan fingerprint density at radius 1 is 1.35 bits per heavy atom. The highest BCUT2D eigenvalue weighted by atomic mass is 35.5. The number of hydrogen-bond acceptors (Lipinski definition) is 4. The topological polar surface area (TPSA) is 67.8 Å². The molecule has 0 aliphatic carbocycles. The second-order valence-electron chi connectivity index (χ2n) is 4.18. The van der Waals surface area contributed by atoms with Gasteiger partial charge in [0, 0.05) is 6.54 Å². The summed E-state index contributed by atoms with van der Waals surface area (Å²) < 4.78 is 11.1. The first-order chi connectivity index (χ1) is 9.58. The standard InChI is InChI=1S/C14H20ClNO4/c1-3-5-20-14-11(15)6-10(7-12(14)19-4-2)8-16-9-13(17)18/h6-7,16H,3-5,8-9H2,1-2H3,(H,17,18). The van der Waals surface area contributed by atoms with E-state index in [-0.39, 0.29) is 6.54 Å². The van der Waals surface area contributed by atoms with Gasteiger partial charge in [-0.2, -0.15) is 0 Å². The van der Waals surface area contributed by atoms with Crippen LogP contribution in [0.3, 0.4) is 0 Å². The zero-order chi connectivity index (χ0) is 15.0. The maximum Gasteiger partial charge on any atom is 0.317 e. The van der Waals surface area contributed by atoms with E-state index in [0.717, 1.165) is 12.0 Å². The Balaban J connectivity index is 2.85. The molecule has 112 valence electrons. The summed E-state index contributed by atoms with van der Waals surface area (Å²) in [6.45, 7) is 5.27. The van der Waals surface area contributed by atoms with Crippen molar-refractivity contribution in [2.75, 3.05) is 19.8 Å². The molecule has 0 unspecified atom stereocenters. The fourth-order valence-electron chi connectivity index (χ4n) is 1.64. The van der Waals surface area contributed by atoms with Crippen LogP contribution in [0.5, 0.6) is 11.5 Å². The molecule has 0 aliphatic rings. The lowest BCUT2D eigenvalue weighted by molar-refractivity contribution is -0.135. The molecule has 1 aromatic rings. The summed E-state index contributed by atoms with van der Waals surface area (Å²) in [5.41, 5.74) is 0.851. The summed E-state index contributed by atoms with van der Waals surface area (Å²) in [6, 6.07) is 3.57. The number of carboxylic acids is 1. The van der Waals surface area contributed by atoms with Gasteiger partial charge in [0.1, 0.15) is 0 Å². The van der Waals surface area contributed by atoms with E-state index in [2.05, 4.69) is 5.32 Å². The maximum absolute atomic E-state index is 10.5. The predicted octanol–water partition coefficient (Wildman–Crippen LogP) is 2.70. The number of ether oxygens (including phenoxy) is 2. The van der Waals surface area contributed by atoms with E-state index in [4.69, 9.17) is 26.2 Å². The van der Waals surface area contributed by atoms with E-state index < -0.39 is 5.97 Å². The van der Waals surface area contributed by atoms with E-state index in [1.54, 1.807) is 6.07 Å². The summed E-state index contributed by atoms with van der Waals surface area (Å²) in [5, 5.41) is 11.9. The third kappa shape index (κ3) is 5.27. The zero-order valence-corrected chi connectivity index (χ0v) is 12.5. The molecule has 0 amide bonds. The molecule has 0 aromatic heterocycles. The molecule has 20 heavy (non-hydrogen) atoms. The van der Waals surface area contributed by atoms with Gasteiger partial charge in [-0.15, -0.1) is 0 Å². The van der Waals surface area contributed by atoms with Crippen molar-refractivity contribution >= 4 is 17.6 Å². The number of rotatable bonds is 9. The average Bonchev–Trinajstić information content (AvgIpc) is 2.38. The quantitative estimate of drug-likeness (QED) is 0.734. The van der Waals surface area contributed by atoms with Crippen LogP contribution in [0, 0.1) is 0 Å². The Morgan fingerprint density at radius 3 is 2.70 bits per heavy atom. The SMILES string of the molecule is CCCOc1c(Cl)cc(CNCC(=O)O)cc1OCC. The van der Waals surface area contributed by atoms with Crippen LogP contribution in [-0.2, 0) is 11.3 Å². The van der Waals surface area contributed by atoms with Crippen molar-refractivity contribution in [3.8, 4) is 11.5 Å². The van der Waals surface area contributed by atoms with Gasteiger partial charge in [-0.1, -0.05) is 18.5 Å². The summed E-state index contributed by atoms with van der Waals surface area (Å²) in [5.74, 6) is 0.224. The van der Waals surface area contributed by atoms with Crippen molar-refractivity contribution in [1.29, 1.82) is 0 Å². The highest BCUT2D eigenvalue weighted by Gasteiger charge is 2.12. The van der Waals surface area contributed by atoms with Crippen LogP contribution in [-0.4, -0.2) is 30.8 Å². The molecule has 0 saturated heterocycles. The molecule has 5 nitrogen and oxygen atoms in total. The molecule has 0 saturated carbocycles. The number of carboxylic acid groups (broad SMARTS) is 1. The maximum atomic E-state index is 10.5. The van der Waals surface area contributed by atoms with E-state index in [1.807, 2.05) is 19.9 Å². The summed E-state index contributed by atoms with van der Waals surface area (Å²) in [6.07, 6.45) is 0.879. The molecule has 2 N–H and O–H groups in total. The van der Waals surface area contributed by atoms with Crippen LogP contribution in [0.15, 0.2) is 12.1 Å². The van der Waals surface area contributed by atoms with Gasteiger partial charge in [-0.05, 0) is 31.0 Å². The number of aliphatic carboxylic acids is 1. The zero-order valence-electron chi connectivity index (χ0n) is 11.7. The summed E-state index contributed by atoms with van der Waals surface area (Å²) >= 11 is 6.20. The molecule has 0 spiro atoms. The molecular formula is C14H20ClNO4. The molecule has 6 heteroatoms. The van der Waals surface area contributed by atoms with E-state index >= 15 is 0 Å². The monoisotopic (exact) mass is 301 g/mol. The van der Waals surface area contributed by atoms with E-state index in [0.29, 0.717) is 36.3 Å². The molecule has 0 atom stereocenters. The average molecular weight is 302 g/mol. The lowest BCUT2D eigenvalue weighted by Crippen LogP contribution is -2.21. The van der Waals surface area contributed by atoms with Crippen LogP contribution in [0.1, 0.15) is 25.8 Å². The fraction of sp³-hybridized carbons (Fsp3) is 0.500. The molecule has 0 fully saturated rings. The smallest absolute Gasteiger partial charge is 0.317 e. The van der Waals surface area contributed by atoms with E-state index in [1.165, 1.54) is 0 Å². The Hall–Kier alpha value is -1.46. The van der Waals surface area contributed by atoms with Gasteiger partial charge in [0.25, 0.3) is 0 Å². The minimum Gasteiger partial charge on any atom is -0.490 e. The number of halogens is 1. The van der Waals surface area contributed by atoms with Crippen LogP contribution < -0.4 is 14.8 Å². The first-order valence-corrected chi connectivity index (χ1v) is 6.96. The number of carbonyl (C=O) groups is 1. The Kier molecular flexibility index (Phi) is 7.18. The molecule has 0 bridgehead atoms. The van der Waals surface area contributed by atoms with Crippen molar-refractivity contribution in [3.63, 3.8) is 0 Å². The van der Waals surface area contributed by atoms with Gasteiger partial charge in [-0.3, -0.25) is 4.79 Å². The van der Waals surface area contributed by atoms with Gasteiger partial charge in [0.2, 0.25) is 0 Å². The van der Waals surface area contributed by atoms with Gasteiger partial charge in [-0.25, -0.2) is 0 Å². The Morgan fingerprint density at radius 2 is 2.10 bits per heavy atom. The van der Waals surface area contributed by atoms with Crippen LogP contribution in [0.2, 0.25) is 5.02 Å². The highest BCUT2D eigenvalue weighted by molar-refractivity contribution is 6.32.